The summed E-state index contributed by atoms with van der Waals surface area (Å²) < 4.78 is 7.68. The van der Waals surface area contributed by atoms with Crippen molar-refractivity contribution in [1.29, 1.82) is 0 Å². The SMILES string of the molecule is CC(=O)Oc1ccc2c(c1)/c(=C/c1ccc(N=Nc3cccc4ccccc34)cc1)c1n2N(C)C(c2ccccc2)C=1. The predicted molar refractivity (Wildman–Crippen MR) is 168 cm³/mol. The van der Waals surface area contributed by atoms with Gasteiger partial charge in [-0.3, -0.25) is 9.47 Å². The average Bonchev–Trinajstić information content (AvgIpc) is 3.50. The normalized spacial score (nSPS) is 15.0. The highest BCUT2D eigenvalue weighted by Gasteiger charge is 2.25. The zero-order chi connectivity index (χ0) is 28.6. The number of esters is 1. The van der Waals surface area contributed by atoms with Crippen molar-refractivity contribution in [2.45, 2.75) is 13.0 Å². The topological polar surface area (TPSA) is 59.2 Å². The van der Waals surface area contributed by atoms with Crippen LogP contribution in [0.3, 0.4) is 0 Å². The van der Waals surface area contributed by atoms with Crippen LogP contribution in [0.1, 0.15) is 24.1 Å². The molecule has 2 heterocycles. The van der Waals surface area contributed by atoms with Crippen LogP contribution in [0.15, 0.2) is 125 Å². The molecule has 1 unspecified atom stereocenters. The summed E-state index contributed by atoms with van der Waals surface area (Å²) in [6, 6.07) is 38.7. The molecule has 0 radical (unpaired) electrons. The van der Waals surface area contributed by atoms with E-state index in [0.717, 1.165) is 49.2 Å². The van der Waals surface area contributed by atoms with Crippen LogP contribution >= 0.6 is 0 Å². The van der Waals surface area contributed by atoms with E-state index in [-0.39, 0.29) is 12.0 Å². The van der Waals surface area contributed by atoms with E-state index in [0.29, 0.717) is 5.75 Å². The van der Waals surface area contributed by atoms with Crippen molar-refractivity contribution in [1.82, 2.24) is 4.68 Å². The fraction of sp³-hybridized carbons (Fsp3) is 0.0833. The Morgan fingerprint density at radius 2 is 1.57 bits per heavy atom. The van der Waals surface area contributed by atoms with Gasteiger partial charge in [0.1, 0.15) is 5.75 Å². The van der Waals surface area contributed by atoms with Crippen molar-refractivity contribution in [3.63, 3.8) is 0 Å². The van der Waals surface area contributed by atoms with Gasteiger partial charge in [0.2, 0.25) is 0 Å². The second kappa shape index (κ2) is 10.5. The van der Waals surface area contributed by atoms with Crippen molar-refractivity contribution < 1.29 is 9.53 Å². The van der Waals surface area contributed by atoms with Gasteiger partial charge in [0.05, 0.1) is 28.3 Å². The van der Waals surface area contributed by atoms with Crippen molar-refractivity contribution in [2.75, 3.05) is 12.1 Å². The lowest BCUT2D eigenvalue weighted by Gasteiger charge is -2.25. The Kier molecular flexibility index (Phi) is 6.36. The Balaban J connectivity index is 1.30. The Hall–Kier alpha value is -5.49. The first kappa shape index (κ1) is 25.5. The standard InChI is InChI=1S/C36H28N4O2/c1-24(41)42-29-19-20-34-32(22-29)31(36-23-35(39(2)40(34)36)27-10-4-3-5-11-27)21-25-15-17-28(18-16-25)37-38-33-14-8-12-26-9-6-7-13-30(26)33/h3-23,35H,1-2H3/b31-21-,38-37?. The highest BCUT2D eigenvalue weighted by atomic mass is 16.5. The third-order valence-corrected chi connectivity index (χ3v) is 7.67. The van der Waals surface area contributed by atoms with Crippen molar-refractivity contribution in [3.8, 4) is 5.75 Å². The molecule has 0 saturated carbocycles. The largest absolute Gasteiger partial charge is 0.427 e. The predicted octanol–water partition coefficient (Wildman–Crippen LogP) is 7.07. The number of carbonyl (C=O) groups is 1. The smallest absolute Gasteiger partial charge is 0.308 e. The molecule has 1 aromatic heterocycles. The number of hydrogen-bond acceptors (Lipinski definition) is 5. The van der Waals surface area contributed by atoms with Crippen LogP contribution in [0.5, 0.6) is 5.75 Å². The zero-order valence-corrected chi connectivity index (χ0v) is 23.3. The Morgan fingerprint density at radius 3 is 2.38 bits per heavy atom. The number of ether oxygens (including phenoxy) is 1. The van der Waals surface area contributed by atoms with Crippen LogP contribution in [0.2, 0.25) is 0 Å². The molecule has 204 valence electrons. The van der Waals surface area contributed by atoms with Gasteiger partial charge in [0.15, 0.2) is 0 Å². The number of rotatable bonds is 5. The second-order valence-electron chi connectivity index (χ2n) is 10.4. The summed E-state index contributed by atoms with van der Waals surface area (Å²) in [6.45, 7) is 1.42. The Morgan fingerprint density at radius 1 is 0.810 bits per heavy atom. The molecule has 0 saturated heterocycles. The fourth-order valence-electron chi connectivity index (χ4n) is 5.73. The van der Waals surface area contributed by atoms with E-state index in [2.05, 4.69) is 93.7 Å². The third kappa shape index (κ3) is 4.63. The number of benzene rings is 5. The first-order valence-electron chi connectivity index (χ1n) is 13.9. The number of azo groups is 1. The van der Waals surface area contributed by atoms with Gasteiger partial charge in [-0.25, -0.2) is 0 Å². The van der Waals surface area contributed by atoms with Gasteiger partial charge in [-0.15, -0.1) is 5.11 Å². The van der Waals surface area contributed by atoms with Crippen LogP contribution in [0, 0.1) is 0 Å². The van der Waals surface area contributed by atoms with Gasteiger partial charge in [-0.05, 0) is 65.1 Å². The molecule has 7 rings (SSSR count). The molecule has 0 spiro atoms. The molecule has 6 aromatic rings. The summed E-state index contributed by atoms with van der Waals surface area (Å²) in [6.07, 6.45) is 4.47. The number of hydrogen-bond donors (Lipinski definition) is 0. The number of nitrogens with zero attached hydrogens (tertiary/aromatic N) is 4. The van der Waals surface area contributed by atoms with Gasteiger partial charge in [0, 0.05) is 30.0 Å². The molecule has 0 fully saturated rings. The molecule has 1 aliphatic heterocycles. The molecule has 0 amide bonds. The maximum atomic E-state index is 11.7. The quantitative estimate of drug-likeness (QED) is 0.132. The van der Waals surface area contributed by atoms with Crippen molar-refractivity contribution in [3.05, 3.63) is 137 Å². The molecular formula is C36H28N4O2. The minimum absolute atomic E-state index is 0.0998. The summed E-state index contributed by atoms with van der Waals surface area (Å²) >= 11 is 0. The molecule has 5 aromatic carbocycles. The van der Waals surface area contributed by atoms with Gasteiger partial charge in [0.25, 0.3) is 0 Å². The molecule has 1 atom stereocenters. The summed E-state index contributed by atoms with van der Waals surface area (Å²) in [5, 5.41) is 16.7. The highest BCUT2D eigenvalue weighted by Crippen LogP contribution is 2.29. The number of fused-ring (bicyclic) bond motifs is 4. The van der Waals surface area contributed by atoms with Crippen LogP contribution in [0.25, 0.3) is 33.8 Å². The summed E-state index contributed by atoms with van der Waals surface area (Å²) in [4.78, 5) is 11.7. The third-order valence-electron chi connectivity index (χ3n) is 7.67. The second-order valence-corrected chi connectivity index (χ2v) is 10.4. The van der Waals surface area contributed by atoms with E-state index in [9.17, 15) is 4.79 Å². The molecule has 0 aliphatic carbocycles. The molecule has 6 heteroatoms. The first-order chi connectivity index (χ1) is 20.5. The maximum Gasteiger partial charge on any atom is 0.308 e. The lowest BCUT2D eigenvalue weighted by atomic mass is 10.1. The summed E-state index contributed by atoms with van der Waals surface area (Å²) in [5.74, 6) is 0.188. The number of carbonyl (C=O) groups excluding carboxylic acids is 1. The van der Waals surface area contributed by atoms with Crippen LogP contribution in [-0.2, 0) is 4.79 Å². The highest BCUT2D eigenvalue weighted by molar-refractivity contribution is 5.92. The minimum Gasteiger partial charge on any atom is -0.427 e. The van der Waals surface area contributed by atoms with E-state index >= 15 is 0 Å². The van der Waals surface area contributed by atoms with Gasteiger partial charge >= 0.3 is 5.97 Å². The molecule has 42 heavy (non-hydrogen) atoms. The fourth-order valence-corrected chi connectivity index (χ4v) is 5.73. The zero-order valence-electron chi connectivity index (χ0n) is 23.3. The monoisotopic (exact) mass is 548 g/mol. The lowest BCUT2D eigenvalue weighted by Crippen LogP contribution is -2.35. The van der Waals surface area contributed by atoms with Crippen molar-refractivity contribution >= 4 is 51.2 Å². The lowest BCUT2D eigenvalue weighted by molar-refractivity contribution is -0.131. The van der Waals surface area contributed by atoms with E-state index in [1.807, 2.05) is 60.7 Å². The maximum absolute atomic E-state index is 11.7. The Labute approximate surface area is 243 Å². The van der Waals surface area contributed by atoms with E-state index in [1.54, 1.807) is 0 Å². The van der Waals surface area contributed by atoms with Crippen LogP contribution in [0.4, 0.5) is 11.4 Å². The Bertz CT molecular complexity index is 2110. The van der Waals surface area contributed by atoms with Crippen LogP contribution in [-0.4, -0.2) is 17.7 Å². The van der Waals surface area contributed by atoms with E-state index in [4.69, 9.17) is 4.74 Å². The molecule has 0 N–H and O–H groups in total. The molecule has 6 nitrogen and oxygen atoms in total. The van der Waals surface area contributed by atoms with E-state index < -0.39 is 0 Å². The molecular weight excluding hydrogens is 520 g/mol. The average molecular weight is 549 g/mol. The van der Waals surface area contributed by atoms with Gasteiger partial charge < -0.3 is 9.75 Å². The minimum atomic E-state index is -0.340. The molecule has 0 bridgehead atoms. The van der Waals surface area contributed by atoms with Gasteiger partial charge in [-0.2, -0.15) is 5.11 Å². The first-order valence-corrected chi connectivity index (χ1v) is 13.9. The van der Waals surface area contributed by atoms with Gasteiger partial charge in [-0.1, -0.05) is 78.9 Å². The van der Waals surface area contributed by atoms with Crippen LogP contribution < -0.4 is 20.3 Å². The summed E-state index contributed by atoms with van der Waals surface area (Å²) in [5.41, 5.74) is 4.92. The number of aromatic nitrogens is 1. The molecule has 1 aliphatic rings. The summed E-state index contributed by atoms with van der Waals surface area (Å²) in [7, 11) is 2.10. The van der Waals surface area contributed by atoms with E-state index in [1.165, 1.54) is 12.5 Å². The van der Waals surface area contributed by atoms with Crippen molar-refractivity contribution in [2.24, 2.45) is 10.2 Å².